The van der Waals surface area contributed by atoms with Gasteiger partial charge in [-0.15, -0.1) is 0 Å². The Morgan fingerprint density at radius 2 is 1.79 bits per heavy atom. The van der Waals surface area contributed by atoms with Gasteiger partial charge in [0.2, 0.25) is 5.91 Å². The van der Waals surface area contributed by atoms with Crippen LogP contribution < -0.4 is 5.32 Å². The van der Waals surface area contributed by atoms with E-state index in [1.807, 2.05) is 0 Å². The molecule has 3 heteroatoms. The summed E-state index contributed by atoms with van der Waals surface area (Å²) < 4.78 is 0. The van der Waals surface area contributed by atoms with Crippen LogP contribution in [0.15, 0.2) is 0 Å². The molecule has 1 N–H and O–H groups in total. The Bertz CT molecular complexity index is 313. The Morgan fingerprint density at radius 3 is 2.37 bits per heavy atom. The van der Waals surface area contributed by atoms with Crippen molar-refractivity contribution in [3.8, 4) is 0 Å². The van der Waals surface area contributed by atoms with E-state index < -0.39 is 0 Å². The third-order valence-electron chi connectivity index (χ3n) is 5.74. The molecule has 0 atom stereocenters. The summed E-state index contributed by atoms with van der Waals surface area (Å²) in [7, 11) is 2.14. The molecule has 19 heavy (non-hydrogen) atoms. The van der Waals surface area contributed by atoms with Gasteiger partial charge < -0.3 is 10.2 Å². The second-order valence-electron chi connectivity index (χ2n) is 7.11. The second-order valence-corrected chi connectivity index (χ2v) is 7.11. The molecule has 3 nitrogen and oxygen atoms in total. The molecule has 2 aliphatic carbocycles. The highest BCUT2D eigenvalue weighted by molar-refractivity contribution is 5.78. The number of hydrogen-bond donors (Lipinski definition) is 1. The van der Waals surface area contributed by atoms with Crippen molar-refractivity contribution in [2.75, 3.05) is 26.7 Å². The fraction of sp³-hybridized carbons (Fsp3) is 0.938. The Kier molecular flexibility index (Phi) is 4.11. The summed E-state index contributed by atoms with van der Waals surface area (Å²) >= 11 is 0. The van der Waals surface area contributed by atoms with Crippen LogP contribution in [0.4, 0.5) is 0 Å². The van der Waals surface area contributed by atoms with Crippen LogP contribution in [0.5, 0.6) is 0 Å². The minimum Gasteiger partial charge on any atom is -0.356 e. The van der Waals surface area contributed by atoms with Gasteiger partial charge in [-0.1, -0.05) is 19.3 Å². The van der Waals surface area contributed by atoms with Crippen LogP contribution in [0.25, 0.3) is 0 Å². The van der Waals surface area contributed by atoms with E-state index >= 15 is 0 Å². The van der Waals surface area contributed by atoms with Crippen molar-refractivity contribution in [3.63, 3.8) is 0 Å². The molecule has 1 amide bonds. The molecule has 0 unspecified atom stereocenters. The van der Waals surface area contributed by atoms with Crippen LogP contribution in [-0.4, -0.2) is 37.5 Å². The molecular weight excluding hydrogens is 236 g/mol. The summed E-state index contributed by atoms with van der Waals surface area (Å²) in [6.07, 6.45) is 9.23. The Morgan fingerprint density at radius 1 is 1.11 bits per heavy atom. The molecule has 1 heterocycles. The van der Waals surface area contributed by atoms with Crippen LogP contribution in [0, 0.1) is 23.7 Å². The largest absolute Gasteiger partial charge is 0.356 e. The molecule has 108 valence electrons. The summed E-state index contributed by atoms with van der Waals surface area (Å²) in [5.74, 6) is 3.42. The molecule has 0 radical (unpaired) electrons. The normalized spacial score (nSPS) is 33.5. The van der Waals surface area contributed by atoms with Gasteiger partial charge >= 0.3 is 0 Å². The lowest BCUT2D eigenvalue weighted by Crippen LogP contribution is -2.43. The highest BCUT2D eigenvalue weighted by atomic mass is 16.1. The zero-order chi connectivity index (χ0) is 13.2. The number of piperidine rings is 1. The van der Waals surface area contributed by atoms with Crippen LogP contribution in [0.2, 0.25) is 0 Å². The van der Waals surface area contributed by atoms with E-state index in [1.165, 1.54) is 32.1 Å². The number of amides is 1. The minimum atomic E-state index is 0.277. The van der Waals surface area contributed by atoms with Gasteiger partial charge in [-0.2, -0.15) is 0 Å². The number of hydrogen-bond acceptors (Lipinski definition) is 2. The third kappa shape index (κ3) is 3.13. The molecule has 0 aromatic heterocycles. The monoisotopic (exact) mass is 264 g/mol. The summed E-state index contributed by atoms with van der Waals surface area (Å²) in [6.45, 7) is 3.09. The molecule has 0 aromatic rings. The van der Waals surface area contributed by atoms with Crippen molar-refractivity contribution >= 4 is 5.91 Å². The van der Waals surface area contributed by atoms with Crippen LogP contribution >= 0.6 is 0 Å². The number of likely N-dealkylation sites (tertiary alicyclic amines) is 1. The maximum absolute atomic E-state index is 12.1. The Labute approximate surface area is 117 Å². The third-order valence-corrected chi connectivity index (χ3v) is 5.74. The van der Waals surface area contributed by atoms with Crippen molar-refractivity contribution in [3.05, 3.63) is 0 Å². The van der Waals surface area contributed by atoms with E-state index in [0.717, 1.165) is 50.2 Å². The van der Waals surface area contributed by atoms with Crippen molar-refractivity contribution in [2.24, 2.45) is 23.7 Å². The Hall–Kier alpha value is -0.570. The molecule has 0 spiro atoms. The average Bonchev–Trinajstić information content (AvgIpc) is 2.30. The molecule has 2 saturated carbocycles. The van der Waals surface area contributed by atoms with E-state index in [0.29, 0.717) is 5.91 Å². The van der Waals surface area contributed by atoms with E-state index in [4.69, 9.17) is 0 Å². The average molecular weight is 264 g/mol. The SMILES string of the molecule is CN1CCC(C(=O)NCC2CC(C3CCC3)C2)CC1. The van der Waals surface area contributed by atoms with Crippen LogP contribution in [-0.2, 0) is 4.79 Å². The van der Waals surface area contributed by atoms with Gasteiger partial charge in [0.25, 0.3) is 0 Å². The predicted octanol–water partition coefficient (Wildman–Crippen LogP) is 2.27. The van der Waals surface area contributed by atoms with Gasteiger partial charge in [0.15, 0.2) is 0 Å². The first-order valence-electron chi connectivity index (χ1n) is 8.18. The number of nitrogens with one attached hydrogen (secondary N) is 1. The fourth-order valence-corrected chi connectivity index (χ4v) is 3.91. The minimum absolute atomic E-state index is 0.277. The molecule has 1 saturated heterocycles. The molecule has 0 bridgehead atoms. The standard InChI is InChI=1S/C16H28N2O/c1-18-7-5-14(6-8-18)16(19)17-11-12-9-15(10-12)13-3-2-4-13/h12-15H,2-11H2,1H3,(H,17,19). The fourth-order valence-electron chi connectivity index (χ4n) is 3.91. The van der Waals surface area contributed by atoms with Crippen LogP contribution in [0.3, 0.4) is 0 Å². The summed E-state index contributed by atoms with van der Waals surface area (Å²) in [5.41, 5.74) is 0. The number of nitrogens with zero attached hydrogens (tertiary/aromatic N) is 1. The molecular formula is C16H28N2O. The van der Waals surface area contributed by atoms with Gasteiger partial charge in [-0.05, 0) is 63.6 Å². The zero-order valence-corrected chi connectivity index (χ0v) is 12.2. The smallest absolute Gasteiger partial charge is 0.223 e. The lowest BCUT2D eigenvalue weighted by Gasteiger charge is -2.44. The van der Waals surface area contributed by atoms with E-state index in [-0.39, 0.29) is 5.92 Å². The number of rotatable bonds is 4. The molecule has 3 aliphatic rings. The van der Waals surface area contributed by atoms with Crippen LogP contribution in [0.1, 0.15) is 44.9 Å². The lowest BCUT2D eigenvalue weighted by atomic mass is 9.62. The quantitative estimate of drug-likeness (QED) is 0.845. The first-order valence-corrected chi connectivity index (χ1v) is 8.18. The lowest BCUT2D eigenvalue weighted by molar-refractivity contribution is -0.126. The summed E-state index contributed by atoms with van der Waals surface area (Å²) in [4.78, 5) is 14.4. The second kappa shape index (κ2) is 5.82. The van der Waals surface area contributed by atoms with Gasteiger partial charge in [0.1, 0.15) is 0 Å². The molecule has 3 rings (SSSR count). The van der Waals surface area contributed by atoms with Gasteiger partial charge in [-0.25, -0.2) is 0 Å². The number of carbonyl (C=O) groups is 1. The van der Waals surface area contributed by atoms with E-state index in [1.54, 1.807) is 0 Å². The Balaban J connectivity index is 1.31. The first-order chi connectivity index (χ1) is 9.22. The van der Waals surface area contributed by atoms with Gasteiger partial charge in [0, 0.05) is 12.5 Å². The van der Waals surface area contributed by atoms with Gasteiger partial charge in [-0.3, -0.25) is 4.79 Å². The van der Waals surface area contributed by atoms with Gasteiger partial charge in [0.05, 0.1) is 0 Å². The first kappa shape index (κ1) is 13.4. The number of carbonyl (C=O) groups excluding carboxylic acids is 1. The summed E-state index contributed by atoms with van der Waals surface area (Å²) in [6, 6.07) is 0. The van der Waals surface area contributed by atoms with Crippen molar-refractivity contribution in [1.29, 1.82) is 0 Å². The molecule has 0 aromatic carbocycles. The predicted molar refractivity (Wildman–Crippen MR) is 76.8 cm³/mol. The van der Waals surface area contributed by atoms with Crippen molar-refractivity contribution in [2.45, 2.75) is 44.9 Å². The molecule has 3 fully saturated rings. The maximum Gasteiger partial charge on any atom is 0.223 e. The maximum atomic E-state index is 12.1. The topological polar surface area (TPSA) is 32.3 Å². The van der Waals surface area contributed by atoms with E-state index in [2.05, 4.69) is 17.3 Å². The van der Waals surface area contributed by atoms with E-state index in [9.17, 15) is 4.79 Å². The molecule has 1 aliphatic heterocycles. The highest BCUT2D eigenvalue weighted by Crippen LogP contribution is 2.46. The highest BCUT2D eigenvalue weighted by Gasteiger charge is 2.37. The summed E-state index contributed by atoms with van der Waals surface area (Å²) in [5, 5.41) is 3.21. The van der Waals surface area contributed by atoms with Crippen molar-refractivity contribution in [1.82, 2.24) is 10.2 Å². The zero-order valence-electron chi connectivity index (χ0n) is 12.2. The van der Waals surface area contributed by atoms with Crippen molar-refractivity contribution < 1.29 is 4.79 Å².